The molecule has 0 radical (unpaired) electrons. The predicted octanol–water partition coefficient (Wildman–Crippen LogP) is 3.56. The first kappa shape index (κ1) is 21.6. The highest BCUT2D eigenvalue weighted by molar-refractivity contribution is 6.30. The van der Waals surface area contributed by atoms with Crippen LogP contribution in [0.15, 0.2) is 42.5 Å². The van der Waals surface area contributed by atoms with Gasteiger partial charge >= 0.3 is 5.97 Å². The lowest BCUT2D eigenvalue weighted by Crippen LogP contribution is -2.32. The van der Waals surface area contributed by atoms with Gasteiger partial charge in [-0.3, -0.25) is 9.59 Å². The quantitative estimate of drug-likeness (QED) is 0.673. The highest BCUT2D eigenvalue weighted by Crippen LogP contribution is 2.24. The maximum absolute atomic E-state index is 13.7. The van der Waals surface area contributed by atoms with E-state index in [9.17, 15) is 18.8 Å². The lowest BCUT2D eigenvalue weighted by atomic mass is 10.3. The van der Waals surface area contributed by atoms with Crippen LogP contribution in [0, 0.1) is 5.82 Å². The van der Waals surface area contributed by atoms with Crippen LogP contribution in [0.25, 0.3) is 0 Å². The largest absolute Gasteiger partial charge is 0.482 e. The summed E-state index contributed by atoms with van der Waals surface area (Å²) in [6.45, 7) is 1.64. The number of nitrogens with zero attached hydrogens (tertiary/aromatic N) is 1. The van der Waals surface area contributed by atoms with Crippen LogP contribution >= 0.6 is 11.6 Å². The van der Waals surface area contributed by atoms with Crippen LogP contribution in [0.3, 0.4) is 0 Å². The molecule has 0 spiro atoms. The Morgan fingerprint density at radius 2 is 1.97 bits per heavy atom. The van der Waals surface area contributed by atoms with Crippen LogP contribution < -0.4 is 15.0 Å². The number of hydrogen-bond acceptors (Lipinski definition) is 5. The van der Waals surface area contributed by atoms with Crippen LogP contribution in [-0.2, 0) is 19.1 Å². The van der Waals surface area contributed by atoms with Crippen molar-refractivity contribution in [1.82, 2.24) is 0 Å². The lowest BCUT2D eigenvalue weighted by molar-refractivity contribution is -0.155. The molecule has 9 heteroatoms. The van der Waals surface area contributed by atoms with E-state index >= 15 is 0 Å². The van der Waals surface area contributed by atoms with Crippen LogP contribution in [0.4, 0.5) is 15.8 Å². The standard InChI is InChI=1S/C21H20ClFN2O5/c1-13(21(28)24-18-9-4-14(22)11-17(18)23)30-20(27)12-29-16-7-5-15(6-8-16)25-10-2-3-19(25)26/h4-9,11,13H,2-3,10,12H2,1H3,(H,24,28). The Morgan fingerprint density at radius 1 is 1.23 bits per heavy atom. The van der Waals surface area contributed by atoms with Crippen molar-refractivity contribution < 1.29 is 28.2 Å². The van der Waals surface area contributed by atoms with Crippen LogP contribution in [0.1, 0.15) is 19.8 Å². The van der Waals surface area contributed by atoms with Gasteiger partial charge in [-0.25, -0.2) is 9.18 Å². The van der Waals surface area contributed by atoms with Crippen molar-refractivity contribution in [2.24, 2.45) is 0 Å². The zero-order chi connectivity index (χ0) is 21.7. The summed E-state index contributed by atoms with van der Waals surface area (Å²) in [7, 11) is 0. The van der Waals surface area contributed by atoms with E-state index in [1.807, 2.05) is 0 Å². The van der Waals surface area contributed by atoms with Gasteiger partial charge in [0.15, 0.2) is 12.7 Å². The third-order valence-electron chi connectivity index (χ3n) is 4.44. The fraction of sp³-hybridized carbons (Fsp3) is 0.286. The van der Waals surface area contributed by atoms with Crippen molar-refractivity contribution >= 4 is 40.8 Å². The van der Waals surface area contributed by atoms with E-state index in [0.717, 1.165) is 18.2 Å². The van der Waals surface area contributed by atoms with Crippen molar-refractivity contribution in [3.8, 4) is 5.75 Å². The Bertz CT molecular complexity index is 951. The third kappa shape index (κ3) is 5.48. The molecule has 30 heavy (non-hydrogen) atoms. The number of ether oxygens (including phenoxy) is 2. The molecule has 2 aromatic rings. The highest BCUT2D eigenvalue weighted by Gasteiger charge is 2.22. The number of amides is 2. The molecule has 1 unspecified atom stereocenters. The van der Waals surface area contributed by atoms with Gasteiger partial charge in [0.25, 0.3) is 5.91 Å². The van der Waals surface area contributed by atoms with Gasteiger partial charge < -0.3 is 19.7 Å². The molecule has 1 heterocycles. The average Bonchev–Trinajstić information content (AvgIpc) is 3.14. The summed E-state index contributed by atoms with van der Waals surface area (Å²) >= 11 is 5.66. The normalized spacial score (nSPS) is 14.4. The maximum Gasteiger partial charge on any atom is 0.344 e. The van der Waals surface area contributed by atoms with E-state index in [-0.39, 0.29) is 16.6 Å². The molecule has 1 fully saturated rings. The minimum atomic E-state index is -1.15. The summed E-state index contributed by atoms with van der Waals surface area (Å²) in [5.41, 5.74) is 0.701. The van der Waals surface area contributed by atoms with Crippen molar-refractivity contribution in [3.05, 3.63) is 53.3 Å². The number of carbonyl (C=O) groups is 3. The fourth-order valence-corrected chi connectivity index (χ4v) is 3.05. The first-order valence-electron chi connectivity index (χ1n) is 9.32. The van der Waals surface area contributed by atoms with Crippen molar-refractivity contribution in [2.75, 3.05) is 23.4 Å². The van der Waals surface area contributed by atoms with Crippen LogP contribution in [0.2, 0.25) is 5.02 Å². The molecule has 0 aliphatic carbocycles. The van der Waals surface area contributed by atoms with Crippen molar-refractivity contribution in [1.29, 1.82) is 0 Å². The van der Waals surface area contributed by atoms with E-state index in [2.05, 4.69) is 5.32 Å². The Balaban J connectivity index is 1.46. The number of hydrogen-bond donors (Lipinski definition) is 1. The molecule has 0 saturated carbocycles. The molecule has 2 amide bonds. The first-order valence-corrected chi connectivity index (χ1v) is 9.70. The number of rotatable bonds is 7. The van der Waals surface area contributed by atoms with Crippen molar-refractivity contribution in [3.63, 3.8) is 0 Å². The van der Waals surface area contributed by atoms with Crippen LogP contribution in [-0.4, -0.2) is 37.0 Å². The number of nitrogens with one attached hydrogen (secondary N) is 1. The van der Waals surface area contributed by atoms with E-state index in [1.54, 1.807) is 29.2 Å². The van der Waals surface area contributed by atoms with Gasteiger partial charge in [0, 0.05) is 23.7 Å². The third-order valence-corrected chi connectivity index (χ3v) is 4.68. The topological polar surface area (TPSA) is 84.9 Å². The van der Waals surface area contributed by atoms with Gasteiger partial charge in [-0.15, -0.1) is 0 Å². The summed E-state index contributed by atoms with van der Waals surface area (Å²) in [4.78, 5) is 37.5. The number of carbonyl (C=O) groups excluding carboxylic acids is 3. The summed E-state index contributed by atoms with van der Waals surface area (Å²) < 4.78 is 24.1. The van der Waals surface area contributed by atoms with Gasteiger partial charge in [0.1, 0.15) is 11.6 Å². The minimum absolute atomic E-state index is 0.0693. The smallest absolute Gasteiger partial charge is 0.344 e. The maximum atomic E-state index is 13.7. The fourth-order valence-electron chi connectivity index (χ4n) is 2.90. The summed E-state index contributed by atoms with van der Waals surface area (Å²) in [6.07, 6.45) is 0.222. The number of esters is 1. The predicted molar refractivity (Wildman–Crippen MR) is 109 cm³/mol. The first-order chi connectivity index (χ1) is 14.3. The molecule has 3 rings (SSSR count). The SMILES string of the molecule is CC(OC(=O)COc1ccc(N2CCCC2=O)cc1)C(=O)Nc1ccc(Cl)cc1F. The molecule has 1 saturated heterocycles. The van der Waals surface area contributed by atoms with E-state index < -0.39 is 30.4 Å². The molecule has 1 aliphatic rings. The molecule has 158 valence electrons. The molecule has 0 aromatic heterocycles. The van der Waals surface area contributed by atoms with E-state index in [4.69, 9.17) is 21.1 Å². The second-order valence-electron chi connectivity index (χ2n) is 6.68. The molecule has 1 atom stereocenters. The second-order valence-corrected chi connectivity index (χ2v) is 7.11. The lowest BCUT2D eigenvalue weighted by Gasteiger charge is -2.16. The molecule has 1 N–H and O–H groups in total. The van der Waals surface area contributed by atoms with Gasteiger partial charge in [-0.2, -0.15) is 0 Å². The molecule has 7 nitrogen and oxygen atoms in total. The summed E-state index contributed by atoms with van der Waals surface area (Å²) in [5, 5.41) is 2.53. The Hall–Kier alpha value is -3.13. The highest BCUT2D eigenvalue weighted by atomic mass is 35.5. The van der Waals surface area contributed by atoms with Gasteiger partial charge in [0.2, 0.25) is 5.91 Å². The molecular formula is C21H20ClFN2O5. The van der Waals surface area contributed by atoms with Gasteiger partial charge in [-0.1, -0.05) is 11.6 Å². The number of anilines is 2. The zero-order valence-corrected chi connectivity index (χ0v) is 16.9. The molecule has 1 aliphatic heterocycles. The van der Waals surface area contributed by atoms with Crippen LogP contribution in [0.5, 0.6) is 5.75 Å². The molecule has 2 aromatic carbocycles. The second kappa shape index (κ2) is 9.58. The van der Waals surface area contributed by atoms with Gasteiger partial charge in [-0.05, 0) is 55.8 Å². The Morgan fingerprint density at radius 3 is 2.60 bits per heavy atom. The number of halogens is 2. The zero-order valence-electron chi connectivity index (χ0n) is 16.2. The van der Waals surface area contributed by atoms with E-state index in [0.29, 0.717) is 18.7 Å². The molecular weight excluding hydrogens is 415 g/mol. The van der Waals surface area contributed by atoms with Gasteiger partial charge in [0.05, 0.1) is 5.69 Å². The minimum Gasteiger partial charge on any atom is -0.482 e. The average molecular weight is 435 g/mol. The van der Waals surface area contributed by atoms with Crippen molar-refractivity contribution in [2.45, 2.75) is 25.9 Å². The molecule has 0 bridgehead atoms. The Kier molecular flexibility index (Phi) is 6.89. The summed E-state index contributed by atoms with van der Waals surface area (Å²) in [6, 6.07) is 10.6. The summed E-state index contributed by atoms with van der Waals surface area (Å²) in [5.74, 6) is -1.64. The number of benzene rings is 2. The Labute approximate surface area is 177 Å². The monoisotopic (exact) mass is 434 g/mol. The van der Waals surface area contributed by atoms with E-state index in [1.165, 1.54) is 19.1 Å².